The molecule has 0 bridgehead atoms. The number of carbonyl (C=O) groups excluding carboxylic acids is 1. The zero-order chi connectivity index (χ0) is 17.4. The van der Waals surface area contributed by atoms with E-state index in [0.29, 0.717) is 11.6 Å². The van der Waals surface area contributed by atoms with Gasteiger partial charge in [0.25, 0.3) is 0 Å². The number of hydrogen-bond acceptors (Lipinski definition) is 2. The minimum absolute atomic E-state index is 0. The number of ether oxygens (including phenoxy) is 1. The molecule has 0 saturated carbocycles. The number of aryl methyl sites for hydroxylation is 1. The molecule has 0 aliphatic rings. The summed E-state index contributed by atoms with van der Waals surface area (Å²) in [6, 6.07) is 13.3. The van der Waals surface area contributed by atoms with Gasteiger partial charge in [0.1, 0.15) is 5.75 Å². The van der Waals surface area contributed by atoms with E-state index < -0.39 is 0 Å². The molecule has 2 aromatic rings. The predicted molar refractivity (Wildman–Crippen MR) is 106 cm³/mol. The average Bonchev–Trinajstić information content (AvgIpc) is 2.57. The van der Waals surface area contributed by atoms with Crippen LogP contribution < -0.4 is 28.9 Å². The first kappa shape index (κ1) is 22.3. The third kappa shape index (κ3) is 7.16. The van der Waals surface area contributed by atoms with Crippen LogP contribution in [0.5, 0.6) is 5.75 Å². The Bertz CT molecular complexity index is 697. The molecule has 0 heterocycles. The third-order valence-electron chi connectivity index (χ3n) is 3.85. The summed E-state index contributed by atoms with van der Waals surface area (Å²) in [6.07, 6.45) is 4.71. The fourth-order valence-corrected chi connectivity index (χ4v) is 3.75. The molecule has 25 heavy (non-hydrogen) atoms. The van der Waals surface area contributed by atoms with Crippen LogP contribution in [0.1, 0.15) is 50.0 Å². The quantitative estimate of drug-likeness (QED) is 0.385. The summed E-state index contributed by atoms with van der Waals surface area (Å²) in [5, 5.41) is 1.46. The van der Waals surface area contributed by atoms with Crippen molar-refractivity contribution in [2.45, 2.75) is 39.5 Å². The van der Waals surface area contributed by atoms with E-state index in [1.165, 1.54) is 19.3 Å². The zero-order valence-corrected chi connectivity index (χ0v) is 17.0. The fraction of sp³-hybridized carbons (Fsp3) is 0.350. The van der Waals surface area contributed by atoms with Gasteiger partial charge in [-0.1, -0.05) is 62.1 Å². The van der Waals surface area contributed by atoms with E-state index in [1.807, 2.05) is 49.4 Å². The standard InChI is InChI=1S/C20H24ClO2P.Li.H/c1-3-4-5-8-13-23-16-11-12-19(18(21)14-16)24-20(22)17-10-7-6-9-15(17)2;;/h6-7,9-12,14,24H,3-5,8,13H2,1-2H3;;/q;+1;-1. The summed E-state index contributed by atoms with van der Waals surface area (Å²) in [4.78, 5) is 12.5. The molecular weight excluding hydrogens is 346 g/mol. The van der Waals surface area contributed by atoms with E-state index in [2.05, 4.69) is 6.92 Å². The monoisotopic (exact) mass is 370 g/mol. The number of hydrogen-bond donors (Lipinski definition) is 0. The summed E-state index contributed by atoms with van der Waals surface area (Å²) in [7, 11) is 0.0231. The van der Waals surface area contributed by atoms with Crippen molar-refractivity contribution in [2.75, 3.05) is 6.61 Å². The molecule has 2 nitrogen and oxygen atoms in total. The maximum absolute atomic E-state index is 12.5. The number of rotatable bonds is 9. The number of carbonyl (C=O) groups is 1. The van der Waals surface area contributed by atoms with E-state index >= 15 is 0 Å². The normalized spacial score (nSPS) is 10.7. The summed E-state index contributed by atoms with van der Waals surface area (Å²) in [5.41, 5.74) is 1.88. The second-order valence-electron chi connectivity index (χ2n) is 5.82. The molecule has 130 valence electrons. The van der Waals surface area contributed by atoms with Gasteiger partial charge in [-0.05, 0) is 51.0 Å². The largest absolute Gasteiger partial charge is 1.00 e. The smallest absolute Gasteiger partial charge is 1.00 e. The first-order valence-electron chi connectivity index (χ1n) is 8.41. The number of benzene rings is 2. The van der Waals surface area contributed by atoms with Crippen LogP contribution in [0, 0.1) is 6.92 Å². The molecule has 0 fully saturated rings. The Morgan fingerprint density at radius 1 is 1.16 bits per heavy atom. The zero-order valence-electron chi connectivity index (χ0n) is 16.3. The van der Waals surface area contributed by atoms with Crippen molar-refractivity contribution in [3.63, 3.8) is 0 Å². The van der Waals surface area contributed by atoms with E-state index in [0.717, 1.165) is 28.6 Å². The van der Waals surface area contributed by atoms with Crippen molar-refractivity contribution < 1.29 is 29.8 Å². The van der Waals surface area contributed by atoms with Crippen LogP contribution in [0.4, 0.5) is 0 Å². The van der Waals surface area contributed by atoms with Crippen molar-refractivity contribution in [3.8, 4) is 5.75 Å². The van der Waals surface area contributed by atoms with Crippen LogP contribution in [0.2, 0.25) is 5.02 Å². The molecule has 1 unspecified atom stereocenters. The molecule has 1 atom stereocenters. The molecule has 2 aromatic carbocycles. The molecule has 0 saturated heterocycles. The topological polar surface area (TPSA) is 26.3 Å². The SMILES string of the molecule is CCCCCCOc1ccc(PC(=O)c2ccccc2C)c(Cl)c1.[H-].[Li+]. The Morgan fingerprint density at radius 3 is 2.60 bits per heavy atom. The second kappa shape index (κ2) is 11.8. The van der Waals surface area contributed by atoms with Gasteiger partial charge in [-0.15, -0.1) is 0 Å². The van der Waals surface area contributed by atoms with E-state index in [-0.39, 0.29) is 34.4 Å². The summed E-state index contributed by atoms with van der Waals surface area (Å²) >= 11 is 6.34. The molecule has 0 aliphatic heterocycles. The van der Waals surface area contributed by atoms with Gasteiger partial charge in [-0.2, -0.15) is 0 Å². The molecule has 2 rings (SSSR count). The summed E-state index contributed by atoms with van der Waals surface area (Å²) < 4.78 is 5.73. The minimum atomic E-state index is 0. The van der Waals surface area contributed by atoms with Crippen molar-refractivity contribution in [1.29, 1.82) is 0 Å². The van der Waals surface area contributed by atoms with Gasteiger partial charge in [-0.25, -0.2) is 0 Å². The second-order valence-corrected chi connectivity index (χ2v) is 7.47. The van der Waals surface area contributed by atoms with Crippen molar-refractivity contribution in [3.05, 3.63) is 58.6 Å². The molecule has 0 N–H and O–H groups in total. The van der Waals surface area contributed by atoms with Crippen LogP contribution in [0.15, 0.2) is 42.5 Å². The van der Waals surface area contributed by atoms with Gasteiger partial charge in [0.15, 0.2) is 5.52 Å². The summed E-state index contributed by atoms with van der Waals surface area (Å²) in [5.74, 6) is 0.772. The Balaban J connectivity index is 0.00000312. The molecule has 0 aromatic heterocycles. The number of unbranched alkanes of at least 4 members (excludes halogenated alkanes) is 3. The Morgan fingerprint density at radius 2 is 1.92 bits per heavy atom. The van der Waals surface area contributed by atoms with Gasteiger partial charge in [0, 0.05) is 5.56 Å². The predicted octanol–water partition coefficient (Wildman–Crippen LogP) is 2.87. The molecule has 0 radical (unpaired) electrons. The van der Waals surface area contributed by atoms with E-state index in [4.69, 9.17) is 16.3 Å². The Kier molecular flexibility index (Phi) is 10.5. The average molecular weight is 371 g/mol. The Hall–Kier alpha value is -0.773. The summed E-state index contributed by atoms with van der Waals surface area (Å²) in [6.45, 7) is 4.85. The van der Waals surface area contributed by atoms with Crippen LogP contribution in [0.25, 0.3) is 0 Å². The van der Waals surface area contributed by atoms with Gasteiger partial charge >= 0.3 is 18.9 Å². The first-order chi connectivity index (χ1) is 11.6. The van der Waals surface area contributed by atoms with Crippen molar-refractivity contribution in [1.82, 2.24) is 0 Å². The fourth-order valence-electron chi connectivity index (χ4n) is 2.42. The van der Waals surface area contributed by atoms with Crippen molar-refractivity contribution in [2.24, 2.45) is 0 Å². The maximum Gasteiger partial charge on any atom is 1.00 e. The van der Waals surface area contributed by atoms with Gasteiger partial charge in [0.2, 0.25) is 0 Å². The molecule has 0 amide bonds. The Labute approximate surface area is 171 Å². The van der Waals surface area contributed by atoms with Gasteiger partial charge < -0.3 is 6.16 Å². The molecule has 0 spiro atoms. The van der Waals surface area contributed by atoms with Gasteiger partial charge in [0.05, 0.1) is 11.6 Å². The van der Waals surface area contributed by atoms with Crippen molar-refractivity contribution >= 4 is 31.0 Å². The number of halogens is 1. The molecular formula is C20H25ClLiO2P. The van der Waals surface area contributed by atoms with Gasteiger partial charge in [-0.3, -0.25) is 4.79 Å². The third-order valence-corrected chi connectivity index (χ3v) is 5.52. The molecule has 5 heteroatoms. The van der Waals surface area contributed by atoms with Crippen LogP contribution in [-0.4, -0.2) is 12.1 Å². The van der Waals surface area contributed by atoms with Crippen LogP contribution in [0.3, 0.4) is 0 Å². The van der Waals surface area contributed by atoms with Crippen LogP contribution >= 0.6 is 20.2 Å². The minimum Gasteiger partial charge on any atom is -1.00 e. The molecule has 0 aliphatic carbocycles. The van der Waals surface area contributed by atoms with E-state index in [9.17, 15) is 4.79 Å². The van der Waals surface area contributed by atoms with E-state index in [1.54, 1.807) is 0 Å². The maximum atomic E-state index is 12.5. The first-order valence-corrected chi connectivity index (χ1v) is 9.79. The van der Waals surface area contributed by atoms with Crippen LogP contribution in [-0.2, 0) is 0 Å².